The topological polar surface area (TPSA) is 42.2 Å². The molecule has 21 heavy (non-hydrogen) atoms. The van der Waals surface area contributed by atoms with Crippen molar-refractivity contribution in [2.75, 3.05) is 25.4 Å². The summed E-state index contributed by atoms with van der Waals surface area (Å²) in [5.74, 6) is 1.46. The van der Waals surface area contributed by atoms with Gasteiger partial charge in [0.25, 0.3) is 5.22 Å². The summed E-state index contributed by atoms with van der Waals surface area (Å²) >= 11 is 7.74. The van der Waals surface area contributed by atoms with Gasteiger partial charge in [-0.3, -0.25) is 0 Å². The average Bonchev–Trinajstić information content (AvgIpc) is 2.97. The SMILES string of the molecule is Clc1ccccc1-c1nnc(SCCN2CCCCC2)o1. The number of likely N-dealkylation sites (tertiary alicyclic amines) is 1. The molecule has 1 saturated heterocycles. The second-order valence-corrected chi connectivity index (χ2v) is 6.56. The Bertz CT molecular complexity index is 584. The van der Waals surface area contributed by atoms with Crippen molar-refractivity contribution < 1.29 is 4.42 Å². The molecule has 3 rings (SSSR count). The summed E-state index contributed by atoms with van der Waals surface area (Å²) in [6, 6.07) is 7.51. The third kappa shape index (κ3) is 3.99. The van der Waals surface area contributed by atoms with E-state index in [4.69, 9.17) is 16.0 Å². The van der Waals surface area contributed by atoms with Crippen LogP contribution < -0.4 is 0 Å². The van der Waals surface area contributed by atoms with E-state index in [2.05, 4.69) is 15.1 Å². The maximum absolute atomic E-state index is 6.13. The molecule has 1 aromatic heterocycles. The molecular formula is C15H18ClN3OS. The standard InChI is InChI=1S/C15H18ClN3OS/c16-13-7-3-2-6-12(13)14-17-18-15(20-14)21-11-10-19-8-4-1-5-9-19/h2-3,6-7H,1,4-5,8-11H2. The van der Waals surface area contributed by atoms with Gasteiger partial charge in [-0.25, -0.2) is 0 Å². The van der Waals surface area contributed by atoms with Crippen molar-refractivity contribution in [2.45, 2.75) is 24.5 Å². The summed E-state index contributed by atoms with van der Waals surface area (Å²) in [5, 5.41) is 9.41. The van der Waals surface area contributed by atoms with Gasteiger partial charge in [0.2, 0.25) is 5.89 Å². The minimum Gasteiger partial charge on any atom is -0.411 e. The summed E-state index contributed by atoms with van der Waals surface area (Å²) in [6.07, 6.45) is 4.01. The highest BCUT2D eigenvalue weighted by Gasteiger charge is 2.13. The molecule has 112 valence electrons. The molecule has 2 heterocycles. The molecule has 0 bridgehead atoms. The zero-order valence-corrected chi connectivity index (χ0v) is 13.4. The molecule has 0 aliphatic carbocycles. The monoisotopic (exact) mass is 323 g/mol. The molecule has 0 unspecified atom stereocenters. The van der Waals surface area contributed by atoms with E-state index >= 15 is 0 Å². The van der Waals surface area contributed by atoms with Crippen LogP contribution in [-0.4, -0.2) is 40.5 Å². The minimum absolute atomic E-state index is 0.487. The van der Waals surface area contributed by atoms with Crippen LogP contribution in [0.2, 0.25) is 5.02 Å². The highest BCUT2D eigenvalue weighted by Crippen LogP contribution is 2.28. The summed E-state index contributed by atoms with van der Waals surface area (Å²) in [7, 11) is 0. The molecule has 2 aromatic rings. The summed E-state index contributed by atoms with van der Waals surface area (Å²) < 4.78 is 5.68. The van der Waals surface area contributed by atoms with Crippen LogP contribution in [-0.2, 0) is 0 Å². The lowest BCUT2D eigenvalue weighted by Gasteiger charge is -2.25. The number of rotatable bonds is 5. The Labute approximate surface area is 133 Å². The molecule has 0 saturated carbocycles. The second kappa shape index (κ2) is 7.29. The van der Waals surface area contributed by atoms with Gasteiger partial charge in [-0.2, -0.15) is 0 Å². The molecule has 0 radical (unpaired) electrons. The normalized spacial score (nSPS) is 16.2. The quantitative estimate of drug-likeness (QED) is 0.779. The highest BCUT2D eigenvalue weighted by atomic mass is 35.5. The van der Waals surface area contributed by atoms with E-state index in [1.54, 1.807) is 11.8 Å². The van der Waals surface area contributed by atoms with Gasteiger partial charge in [-0.15, -0.1) is 10.2 Å². The fourth-order valence-electron chi connectivity index (χ4n) is 2.46. The van der Waals surface area contributed by atoms with Gasteiger partial charge in [0.15, 0.2) is 0 Å². The fraction of sp³-hybridized carbons (Fsp3) is 0.467. The van der Waals surface area contributed by atoms with Gasteiger partial charge in [0.05, 0.1) is 10.6 Å². The number of thioether (sulfide) groups is 1. The lowest BCUT2D eigenvalue weighted by Crippen LogP contribution is -2.31. The molecule has 1 fully saturated rings. The number of aromatic nitrogens is 2. The first-order valence-electron chi connectivity index (χ1n) is 7.26. The van der Waals surface area contributed by atoms with Crippen LogP contribution in [0.15, 0.2) is 33.9 Å². The van der Waals surface area contributed by atoms with Gasteiger partial charge in [-0.05, 0) is 38.1 Å². The number of hydrogen-bond donors (Lipinski definition) is 0. The van der Waals surface area contributed by atoms with E-state index in [-0.39, 0.29) is 0 Å². The van der Waals surface area contributed by atoms with E-state index in [1.807, 2.05) is 24.3 Å². The molecule has 1 aliphatic heterocycles. The van der Waals surface area contributed by atoms with E-state index in [0.29, 0.717) is 16.1 Å². The van der Waals surface area contributed by atoms with Gasteiger partial charge >= 0.3 is 0 Å². The number of hydrogen-bond acceptors (Lipinski definition) is 5. The van der Waals surface area contributed by atoms with Crippen molar-refractivity contribution in [3.05, 3.63) is 29.3 Å². The van der Waals surface area contributed by atoms with E-state index in [9.17, 15) is 0 Å². The predicted octanol–water partition coefficient (Wildman–Crippen LogP) is 3.97. The Morgan fingerprint density at radius 1 is 1.14 bits per heavy atom. The minimum atomic E-state index is 0.487. The maximum atomic E-state index is 6.13. The van der Waals surface area contributed by atoms with Crippen LogP contribution in [0.1, 0.15) is 19.3 Å². The Balaban J connectivity index is 1.54. The summed E-state index contributed by atoms with van der Waals surface area (Å²) in [5.41, 5.74) is 0.787. The highest BCUT2D eigenvalue weighted by molar-refractivity contribution is 7.99. The molecule has 0 atom stereocenters. The molecule has 1 aromatic carbocycles. The molecule has 4 nitrogen and oxygen atoms in total. The van der Waals surface area contributed by atoms with Crippen molar-refractivity contribution in [3.8, 4) is 11.5 Å². The summed E-state index contributed by atoms with van der Waals surface area (Å²) in [6.45, 7) is 3.51. The smallest absolute Gasteiger partial charge is 0.276 e. The predicted molar refractivity (Wildman–Crippen MR) is 85.8 cm³/mol. The maximum Gasteiger partial charge on any atom is 0.276 e. The molecule has 0 N–H and O–H groups in total. The lowest BCUT2D eigenvalue weighted by atomic mass is 10.1. The summed E-state index contributed by atoms with van der Waals surface area (Å²) in [4.78, 5) is 2.50. The van der Waals surface area contributed by atoms with E-state index in [0.717, 1.165) is 17.9 Å². The first-order valence-corrected chi connectivity index (χ1v) is 8.63. The van der Waals surface area contributed by atoms with Crippen molar-refractivity contribution in [1.29, 1.82) is 0 Å². The van der Waals surface area contributed by atoms with Crippen molar-refractivity contribution in [3.63, 3.8) is 0 Å². The first-order chi connectivity index (χ1) is 10.3. The molecule has 0 spiro atoms. The zero-order valence-electron chi connectivity index (χ0n) is 11.8. The molecule has 0 amide bonds. The Morgan fingerprint density at radius 3 is 2.76 bits per heavy atom. The van der Waals surface area contributed by atoms with Crippen LogP contribution in [0.4, 0.5) is 0 Å². The number of piperidine rings is 1. The van der Waals surface area contributed by atoms with Crippen molar-refractivity contribution in [1.82, 2.24) is 15.1 Å². The van der Waals surface area contributed by atoms with Gasteiger partial charge in [0.1, 0.15) is 0 Å². The van der Waals surface area contributed by atoms with Crippen LogP contribution in [0, 0.1) is 0 Å². The number of nitrogens with zero attached hydrogens (tertiary/aromatic N) is 3. The second-order valence-electron chi connectivity index (χ2n) is 5.10. The number of halogens is 1. The van der Waals surface area contributed by atoms with Crippen LogP contribution >= 0.6 is 23.4 Å². The molecule has 6 heteroatoms. The van der Waals surface area contributed by atoms with Crippen molar-refractivity contribution >= 4 is 23.4 Å². The van der Waals surface area contributed by atoms with Crippen molar-refractivity contribution in [2.24, 2.45) is 0 Å². The van der Waals surface area contributed by atoms with E-state index < -0.39 is 0 Å². The Kier molecular flexibility index (Phi) is 5.17. The Hall–Kier alpha value is -1.04. The van der Waals surface area contributed by atoms with Crippen LogP contribution in [0.5, 0.6) is 0 Å². The molecule has 1 aliphatic rings. The third-order valence-electron chi connectivity index (χ3n) is 3.59. The average molecular weight is 324 g/mol. The van der Waals surface area contributed by atoms with E-state index in [1.165, 1.54) is 32.4 Å². The zero-order chi connectivity index (χ0) is 14.5. The van der Waals surface area contributed by atoms with Crippen LogP contribution in [0.3, 0.4) is 0 Å². The first kappa shape index (κ1) is 14.9. The third-order valence-corrected chi connectivity index (χ3v) is 4.72. The van der Waals surface area contributed by atoms with Gasteiger partial charge < -0.3 is 9.32 Å². The van der Waals surface area contributed by atoms with Gasteiger partial charge in [-0.1, -0.05) is 41.9 Å². The largest absolute Gasteiger partial charge is 0.411 e. The molecular weight excluding hydrogens is 306 g/mol. The Morgan fingerprint density at radius 2 is 1.95 bits per heavy atom. The van der Waals surface area contributed by atoms with Gasteiger partial charge in [0, 0.05) is 12.3 Å². The fourth-order valence-corrected chi connectivity index (χ4v) is 3.43. The number of benzene rings is 1. The lowest BCUT2D eigenvalue weighted by molar-refractivity contribution is 0.242. The van der Waals surface area contributed by atoms with Crippen LogP contribution in [0.25, 0.3) is 11.5 Å².